The molecular formula is C48H52B2N2O11. The second kappa shape index (κ2) is 16.9. The molecule has 0 N–H and O–H groups in total. The molecule has 0 spiro atoms. The summed E-state index contributed by atoms with van der Waals surface area (Å²) in [5.41, 5.74) is 4.18. The Balaban J connectivity index is 0.000000150. The number of carbonyl (C=O) groups is 4. The van der Waals surface area contributed by atoms with Gasteiger partial charge in [-0.25, -0.2) is 0 Å². The Morgan fingerprint density at radius 3 is 1.51 bits per heavy atom. The number of hydrogen-bond acceptors (Lipinski definition) is 11. The van der Waals surface area contributed by atoms with Gasteiger partial charge in [0.25, 0.3) is 0 Å². The summed E-state index contributed by atoms with van der Waals surface area (Å²) < 4.78 is 42.6. The van der Waals surface area contributed by atoms with Crippen LogP contribution in [0.25, 0.3) is 6.08 Å². The fourth-order valence-electron chi connectivity index (χ4n) is 11.7. The third kappa shape index (κ3) is 7.59. The minimum absolute atomic E-state index is 0.0259. The third-order valence-electron chi connectivity index (χ3n) is 14.5. The Bertz CT molecular complexity index is 2310. The van der Waals surface area contributed by atoms with Crippen molar-refractivity contribution in [1.29, 1.82) is 0 Å². The molecule has 6 atom stereocenters. The lowest BCUT2D eigenvalue weighted by Crippen LogP contribution is -2.71. The predicted octanol–water partition coefficient (Wildman–Crippen LogP) is 5.92. The molecule has 2 aliphatic carbocycles. The van der Waals surface area contributed by atoms with Crippen LogP contribution in [0.4, 0.5) is 0 Å². The van der Waals surface area contributed by atoms with E-state index >= 15 is 0 Å². The van der Waals surface area contributed by atoms with Gasteiger partial charge in [-0.1, -0.05) is 133 Å². The van der Waals surface area contributed by atoms with E-state index in [-0.39, 0.29) is 89.2 Å². The van der Waals surface area contributed by atoms with E-state index in [2.05, 4.69) is 0 Å². The fraction of sp³-hybridized carbons (Fsp3) is 0.375. The Morgan fingerprint density at radius 1 is 0.540 bits per heavy atom. The van der Waals surface area contributed by atoms with Crippen molar-refractivity contribution in [2.45, 2.75) is 88.1 Å². The van der Waals surface area contributed by atoms with Crippen LogP contribution in [0.5, 0.6) is 0 Å². The van der Waals surface area contributed by atoms with Crippen LogP contribution in [-0.4, -0.2) is 103 Å². The van der Waals surface area contributed by atoms with E-state index < -0.39 is 19.4 Å². The highest BCUT2D eigenvalue weighted by Crippen LogP contribution is 2.55. The van der Waals surface area contributed by atoms with Crippen LogP contribution in [0.2, 0.25) is 0 Å². The molecule has 63 heavy (non-hydrogen) atoms. The minimum Gasteiger partial charge on any atom is -0.598 e. The third-order valence-corrected chi connectivity index (χ3v) is 14.5. The molecule has 2 saturated carbocycles. The van der Waals surface area contributed by atoms with Gasteiger partial charge in [0.1, 0.15) is 44.4 Å². The lowest BCUT2D eigenvalue weighted by molar-refractivity contribution is -0.846. The van der Waals surface area contributed by atoms with Crippen LogP contribution in [0, 0.1) is 0 Å². The highest BCUT2D eigenvalue weighted by atomic mass is 16.7. The molecule has 11 rings (SSSR count). The molecule has 7 fully saturated rings. The summed E-state index contributed by atoms with van der Waals surface area (Å²) in [5, 5.41) is 0. The SMILES string of the molecule is O=C1C[N+]2([C@@H]3CCC[C@H]3OCc3ccccc3)CC(=O)O[B-]2(/C=C/c2ccccc2)O1.O=C1C[N+]2([C@@H]3CCC[C@H]3OCc3ccccc3)CC(=O)O[B-]2(C2OC2c2ccccc2)O1. The normalized spacial score (nSPS) is 35.0. The number of benzene rings is 4. The second-order valence-electron chi connectivity index (χ2n) is 18.1. The molecule has 4 aromatic carbocycles. The summed E-state index contributed by atoms with van der Waals surface area (Å²) >= 11 is 0. The number of epoxide rings is 1. The summed E-state index contributed by atoms with van der Waals surface area (Å²) in [5.74, 6) is 0.512. The molecule has 4 aromatic rings. The highest BCUT2D eigenvalue weighted by Gasteiger charge is 2.79. The van der Waals surface area contributed by atoms with Crippen LogP contribution in [0.15, 0.2) is 127 Å². The Hall–Kier alpha value is -5.57. The summed E-state index contributed by atoms with van der Waals surface area (Å²) in [4.78, 5) is 50.4. The summed E-state index contributed by atoms with van der Waals surface area (Å²) in [6.07, 6.45) is 7.00. The van der Waals surface area contributed by atoms with Crippen molar-refractivity contribution in [3.63, 3.8) is 0 Å². The molecule has 5 heterocycles. The lowest BCUT2D eigenvalue weighted by Gasteiger charge is -2.49. The molecule has 0 amide bonds. The first kappa shape index (κ1) is 41.4. The summed E-state index contributed by atoms with van der Waals surface area (Å²) in [6, 6.07) is 39.2. The number of ether oxygens (including phenoxy) is 3. The Morgan fingerprint density at radius 2 is 0.984 bits per heavy atom. The van der Waals surface area contributed by atoms with Gasteiger partial charge < -0.3 is 41.6 Å². The lowest BCUT2D eigenvalue weighted by atomic mass is 9.60. The predicted molar refractivity (Wildman–Crippen MR) is 231 cm³/mol. The van der Waals surface area contributed by atoms with Crippen molar-refractivity contribution in [1.82, 2.24) is 0 Å². The maximum Gasteiger partial charge on any atom is 0.615 e. The largest absolute Gasteiger partial charge is 0.615 e. The van der Waals surface area contributed by atoms with Crippen LogP contribution in [-0.2, 0) is 65.2 Å². The van der Waals surface area contributed by atoms with Crippen LogP contribution >= 0.6 is 0 Å². The topological polar surface area (TPSA) is 136 Å². The van der Waals surface area contributed by atoms with E-state index in [4.69, 9.17) is 32.8 Å². The zero-order valence-corrected chi connectivity index (χ0v) is 35.2. The van der Waals surface area contributed by atoms with Crippen LogP contribution < -0.4 is 0 Å². The van der Waals surface area contributed by atoms with Gasteiger partial charge in [0.2, 0.25) is 0 Å². The van der Waals surface area contributed by atoms with Crippen molar-refractivity contribution in [3.8, 4) is 0 Å². The van der Waals surface area contributed by atoms with E-state index in [1.807, 2.05) is 127 Å². The number of rotatable bonds is 12. The van der Waals surface area contributed by atoms with E-state index in [9.17, 15) is 19.2 Å². The summed E-state index contributed by atoms with van der Waals surface area (Å²) in [6.45, 7) is -3.03. The average Bonchev–Trinajstić information content (AvgIpc) is 3.72. The van der Waals surface area contributed by atoms with Crippen molar-refractivity contribution >= 4 is 43.3 Å². The first-order chi connectivity index (χ1) is 30.7. The number of carbonyl (C=O) groups excluding carboxylic acids is 4. The molecule has 0 aromatic heterocycles. The van der Waals surface area contributed by atoms with Crippen molar-refractivity contribution in [3.05, 3.63) is 150 Å². The Kier molecular flexibility index (Phi) is 11.1. The molecule has 7 aliphatic rings. The molecule has 0 bridgehead atoms. The van der Waals surface area contributed by atoms with Gasteiger partial charge in [0, 0.05) is 0 Å². The first-order valence-electron chi connectivity index (χ1n) is 22.4. The smallest absolute Gasteiger partial charge is 0.598 e. The number of quaternary nitrogens is 2. The molecule has 2 unspecified atom stereocenters. The second-order valence-corrected chi connectivity index (χ2v) is 18.1. The quantitative estimate of drug-likeness (QED) is 0.124. The van der Waals surface area contributed by atoms with E-state index in [1.54, 1.807) is 5.98 Å². The van der Waals surface area contributed by atoms with Gasteiger partial charge >= 0.3 is 37.3 Å². The number of fused-ring (bicyclic) bond motifs is 2. The molecule has 13 nitrogen and oxygen atoms in total. The first-order valence-corrected chi connectivity index (χ1v) is 22.4. The van der Waals surface area contributed by atoms with Crippen LogP contribution in [0.1, 0.15) is 66.9 Å². The maximum atomic E-state index is 12.7. The van der Waals surface area contributed by atoms with Crippen molar-refractivity contribution in [2.24, 2.45) is 0 Å². The fourth-order valence-corrected chi connectivity index (χ4v) is 11.7. The monoisotopic (exact) mass is 854 g/mol. The standard InChI is InChI=1S/C24H26BNO6.C24H26BNO5/c27-21-14-26(19-12-7-13-20(19)29-16-17-8-3-1-4-9-17)15-22(28)32-25(26,31-21)24-23(30-24)18-10-5-2-6-11-18;27-23-16-26(21-12-7-13-22(21)29-18-20-10-5-2-6-11-20)17-24(28)31-25(26,30-23)15-14-19-8-3-1-4-9-19/h1-6,8-11,19-20,23-24H,7,12-16H2;1-6,8-11,14-15,21-22H,7,12-13,16-18H2/b;15-14+/t19-,20-,23?,24?,25?,26?;21-,22-,25?,26?/m11/s1. The summed E-state index contributed by atoms with van der Waals surface area (Å²) in [7, 11) is 0. The van der Waals surface area contributed by atoms with E-state index in [0.717, 1.165) is 60.8 Å². The average molecular weight is 855 g/mol. The van der Waals surface area contributed by atoms with Crippen molar-refractivity contribution < 1.29 is 60.8 Å². The van der Waals surface area contributed by atoms with Gasteiger partial charge in [-0.2, -0.15) is 0 Å². The van der Waals surface area contributed by atoms with E-state index in [1.165, 1.54) is 0 Å². The zero-order chi connectivity index (χ0) is 43.1. The molecule has 5 aliphatic heterocycles. The van der Waals surface area contributed by atoms with Gasteiger partial charge in [0.15, 0.2) is 0 Å². The zero-order valence-electron chi connectivity index (χ0n) is 35.2. The number of hydrogen-bond donors (Lipinski definition) is 0. The molecular weight excluding hydrogens is 802 g/mol. The van der Waals surface area contributed by atoms with Crippen molar-refractivity contribution in [2.75, 3.05) is 26.2 Å². The maximum absolute atomic E-state index is 12.7. The van der Waals surface area contributed by atoms with Crippen LogP contribution in [0.3, 0.4) is 0 Å². The Labute approximate surface area is 367 Å². The number of nitrogens with zero attached hydrogens (tertiary/aromatic N) is 2. The van der Waals surface area contributed by atoms with E-state index in [0.29, 0.717) is 13.2 Å². The van der Waals surface area contributed by atoms with Gasteiger partial charge in [-0.05, 0) is 60.8 Å². The minimum atomic E-state index is -2.30. The molecule has 326 valence electrons. The molecule has 5 saturated heterocycles. The molecule has 0 radical (unpaired) electrons. The van der Waals surface area contributed by atoms with Gasteiger partial charge in [-0.3, -0.25) is 19.2 Å². The highest BCUT2D eigenvalue weighted by molar-refractivity contribution is 6.71. The molecule has 15 heteroatoms. The van der Waals surface area contributed by atoms with Gasteiger partial charge in [0.05, 0.1) is 31.4 Å². The van der Waals surface area contributed by atoms with Gasteiger partial charge in [-0.15, -0.1) is 0 Å².